The third-order valence-electron chi connectivity index (χ3n) is 3.24. The Kier molecular flexibility index (Phi) is 5.10. The van der Waals surface area contributed by atoms with E-state index < -0.39 is 0 Å². The van der Waals surface area contributed by atoms with Crippen LogP contribution in [0.25, 0.3) is 0 Å². The van der Waals surface area contributed by atoms with E-state index in [9.17, 15) is 4.79 Å². The molecule has 0 aliphatic heterocycles. The van der Waals surface area contributed by atoms with E-state index in [2.05, 4.69) is 17.2 Å². The highest BCUT2D eigenvalue weighted by Gasteiger charge is 2.44. The van der Waals surface area contributed by atoms with Crippen molar-refractivity contribution in [2.45, 2.75) is 31.9 Å². The quantitative estimate of drug-likeness (QED) is 0.747. The van der Waals surface area contributed by atoms with Crippen molar-refractivity contribution in [1.82, 2.24) is 4.98 Å². The summed E-state index contributed by atoms with van der Waals surface area (Å²) in [5.74, 6) is 1.94. The van der Waals surface area contributed by atoms with Gasteiger partial charge in [-0.2, -0.15) is 11.8 Å². The maximum absolute atomic E-state index is 11.3. The Bertz CT molecular complexity index is 430. The Morgan fingerprint density at radius 2 is 2.42 bits per heavy atom. The summed E-state index contributed by atoms with van der Waals surface area (Å²) in [6.45, 7) is 2.97. The Hall–Kier alpha value is -0.750. The van der Waals surface area contributed by atoms with E-state index in [1.54, 1.807) is 11.3 Å². The molecule has 1 aromatic rings. The van der Waals surface area contributed by atoms with Crippen LogP contribution in [-0.2, 0) is 15.3 Å². The van der Waals surface area contributed by atoms with Crippen LogP contribution in [0.2, 0.25) is 0 Å². The summed E-state index contributed by atoms with van der Waals surface area (Å²) in [5, 5.41) is 4.21. The zero-order chi connectivity index (χ0) is 13.7. The minimum absolute atomic E-state index is 0.0784. The highest BCUT2D eigenvalue weighted by atomic mass is 32.2. The molecule has 0 atom stereocenters. The molecule has 1 aliphatic rings. The SMILES string of the molecule is CCNc1ncc(CSCC2(CC(=O)OC)CC2)s1. The van der Waals surface area contributed by atoms with Gasteiger partial charge < -0.3 is 10.1 Å². The van der Waals surface area contributed by atoms with Gasteiger partial charge in [-0.3, -0.25) is 4.79 Å². The number of nitrogens with zero attached hydrogens (tertiary/aromatic N) is 1. The van der Waals surface area contributed by atoms with Crippen molar-refractivity contribution < 1.29 is 9.53 Å². The summed E-state index contributed by atoms with van der Waals surface area (Å²) in [5.41, 5.74) is 0.215. The van der Waals surface area contributed by atoms with Crippen LogP contribution in [0.3, 0.4) is 0 Å². The molecule has 6 heteroatoms. The molecule has 1 N–H and O–H groups in total. The van der Waals surface area contributed by atoms with Gasteiger partial charge in [0.25, 0.3) is 0 Å². The average Bonchev–Trinajstić information content (AvgIpc) is 3.00. The number of thioether (sulfide) groups is 1. The summed E-state index contributed by atoms with van der Waals surface area (Å²) in [6.07, 6.45) is 4.82. The monoisotopic (exact) mass is 300 g/mol. The fourth-order valence-electron chi connectivity index (χ4n) is 1.90. The maximum Gasteiger partial charge on any atom is 0.306 e. The van der Waals surface area contributed by atoms with Gasteiger partial charge in [-0.25, -0.2) is 4.98 Å². The van der Waals surface area contributed by atoms with E-state index in [4.69, 9.17) is 4.74 Å². The van der Waals surface area contributed by atoms with Crippen LogP contribution in [0.4, 0.5) is 5.13 Å². The summed E-state index contributed by atoms with van der Waals surface area (Å²) in [7, 11) is 1.46. The van der Waals surface area contributed by atoms with Gasteiger partial charge in [0, 0.05) is 23.4 Å². The van der Waals surface area contributed by atoms with Crippen molar-refractivity contribution in [1.29, 1.82) is 0 Å². The number of thiazole rings is 1. The second kappa shape index (κ2) is 6.61. The lowest BCUT2D eigenvalue weighted by atomic mass is 10.1. The summed E-state index contributed by atoms with van der Waals surface area (Å²) in [6, 6.07) is 0. The molecule has 0 bridgehead atoms. The first kappa shape index (κ1) is 14.7. The second-order valence-corrected chi connectivity index (χ2v) is 7.01. The van der Waals surface area contributed by atoms with Gasteiger partial charge in [0.15, 0.2) is 5.13 Å². The van der Waals surface area contributed by atoms with E-state index in [0.717, 1.165) is 36.0 Å². The third-order valence-corrected chi connectivity index (χ3v) is 5.71. The predicted octanol–water partition coefficient (Wildman–Crippen LogP) is 3.15. The maximum atomic E-state index is 11.3. The molecule has 1 fully saturated rings. The van der Waals surface area contributed by atoms with E-state index >= 15 is 0 Å². The minimum Gasteiger partial charge on any atom is -0.469 e. The Balaban J connectivity index is 1.72. The van der Waals surface area contributed by atoms with Crippen molar-refractivity contribution in [3.05, 3.63) is 11.1 Å². The van der Waals surface area contributed by atoms with Crippen molar-refractivity contribution >= 4 is 34.2 Å². The van der Waals surface area contributed by atoms with Crippen LogP contribution in [0.5, 0.6) is 0 Å². The van der Waals surface area contributed by atoms with E-state index in [1.165, 1.54) is 12.0 Å². The summed E-state index contributed by atoms with van der Waals surface area (Å²) in [4.78, 5) is 16.9. The van der Waals surface area contributed by atoms with Crippen molar-refractivity contribution in [3.8, 4) is 0 Å². The van der Waals surface area contributed by atoms with Gasteiger partial charge in [0.1, 0.15) is 0 Å². The number of hydrogen-bond donors (Lipinski definition) is 1. The lowest BCUT2D eigenvalue weighted by Crippen LogP contribution is -2.13. The molecule has 1 saturated carbocycles. The normalized spacial score (nSPS) is 16.1. The molecule has 1 heterocycles. The number of hydrogen-bond acceptors (Lipinski definition) is 6. The van der Waals surface area contributed by atoms with Crippen molar-refractivity contribution in [2.24, 2.45) is 5.41 Å². The minimum atomic E-state index is -0.0784. The molecular weight excluding hydrogens is 280 g/mol. The van der Waals surface area contributed by atoms with Gasteiger partial charge in [-0.1, -0.05) is 0 Å². The summed E-state index contributed by atoms with van der Waals surface area (Å²) >= 11 is 3.61. The number of carbonyl (C=O) groups is 1. The van der Waals surface area contributed by atoms with E-state index in [0.29, 0.717) is 6.42 Å². The largest absolute Gasteiger partial charge is 0.469 e. The lowest BCUT2D eigenvalue weighted by Gasteiger charge is -2.12. The highest BCUT2D eigenvalue weighted by Crippen LogP contribution is 2.51. The van der Waals surface area contributed by atoms with Gasteiger partial charge >= 0.3 is 5.97 Å². The molecule has 0 saturated heterocycles. The first-order valence-electron chi connectivity index (χ1n) is 6.50. The molecule has 0 spiro atoms. The number of ether oxygens (including phenoxy) is 1. The summed E-state index contributed by atoms with van der Waals surface area (Å²) < 4.78 is 4.76. The van der Waals surface area contributed by atoms with Gasteiger partial charge in [-0.15, -0.1) is 11.3 Å². The number of esters is 1. The zero-order valence-electron chi connectivity index (χ0n) is 11.4. The predicted molar refractivity (Wildman–Crippen MR) is 80.7 cm³/mol. The van der Waals surface area contributed by atoms with E-state index in [1.807, 2.05) is 18.0 Å². The number of methoxy groups -OCH3 is 1. The highest BCUT2D eigenvalue weighted by molar-refractivity contribution is 7.98. The van der Waals surface area contributed by atoms with Gasteiger partial charge in [0.2, 0.25) is 0 Å². The number of aromatic nitrogens is 1. The molecule has 0 amide bonds. The molecule has 19 heavy (non-hydrogen) atoms. The van der Waals surface area contributed by atoms with Crippen LogP contribution < -0.4 is 5.32 Å². The van der Waals surface area contributed by atoms with Crippen molar-refractivity contribution in [3.63, 3.8) is 0 Å². The lowest BCUT2D eigenvalue weighted by molar-refractivity contribution is -0.141. The Morgan fingerprint density at radius 1 is 1.63 bits per heavy atom. The smallest absolute Gasteiger partial charge is 0.306 e. The second-order valence-electron chi connectivity index (χ2n) is 4.91. The molecule has 106 valence electrons. The Labute approximate surface area is 122 Å². The molecule has 2 rings (SSSR count). The number of rotatable bonds is 8. The van der Waals surface area contributed by atoms with Crippen LogP contribution in [-0.4, -0.2) is 30.4 Å². The molecular formula is C13H20N2O2S2. The fourth-order valence-corrected chi connectivity index (χ4v) is 4.27. The molecule has 0 aromatic carbocycles. The van der Waals surface area contributed by atoms with Crippen LogP contribution in [0, 0.1) is 5.41 Å². The van der Waals surface area contributed by atoms with Gasteiger partial charge in [0.05, 0.1) is 13.5 Å². The Morgan fingerprint density at radius 3 is 3.05 bits per heavy atom. The molecule has 4 nitrogen and oxygen atoms in total. The number of anilines is 1. The standard InChI is InChI=1S/C13H20N2O2S2/c1-3-14-12-15-7-10(19-12)8-18-9-13(4-5-13)6-11(16)17-2/h7H,3-6,8-9H2,1-2H3,(H,14,15). The third kappa shape index (κ3) is 4.38. The molecule has 1 aliphatic carbocycles. The van der Waals surface area contributed by atoms with Crippen LogP contribution in [0.15, 0.2) is 6.20 Å². The molecule has 0 radical (unpaired) electrons. The van der Waals surface area contributed by atoms with E-state index in [-0.39, 0.29) is 11.4 Å². The van der Waals surface area contributed by atoms with Crippen molar-refractivity contribution in [2.75, 3.05) is 24.7 Å². The van der Waals surface area contributed by atoms with Crippen LogP contribution in [0.1, 0.15) is 31.1 Å². The average molecular weight is 300 g/mol. The van der Waals surface area contributed by atoms with Gasteiger partial charge in [-0.05, 0) is 30.9 Å². The molecule has 0 unspecified atom stereocenters. The first-order chi connectivity index (χ1) is 9.17. The first-order valence-corrected chi connectivity index (χ1v) is 8.48. The number of carbonyl (C=O) groups excluding carboxylic acids is 1. The molecule has 1 aromatic heterocycles. The van der Waals surface area contributed by atoms with Crippen LogP contribution >= 0.6 is 23.1 Å². The fraction of sp³-hybridized carbons (Fsp3) is 0.692. The topological polar surface area (TPSA) is 51.2 Å². The zero-order valence-corrected chi connectivity index (χ0v) is 13.0. The number of nitrogens with one attached hydrogen (secondary N) is 1.